The van der Waals surface area contributed by atoms with Crippen LogP contribution in [0, 0.1) is 5.92 Å². The zero-order valence-corrected chi connectivity index (χ0v) is 11.0. The van der Waals surface area contributed by atoms with E-state index in [0.29, 0.717) is 23.0 Å². The van der Waals surface area contributed by atoms with Gasteiger partial charge in [-0.1, -0.05) is 11.6 Å². The molecule has 4 nitrogen and oxygen atoms in total. The number of anilines is 1. The molecule has 1 heterocycles. The van der Waals surface area contributed by atoms with Gasteiger partial charge in [0.1, 0.15) is 0 Å². The topological polar surface area (TPSA) is 72.3 Å². The number of carbonyl (C=O) groups excluding carboxylic acids is 1. The molecule has 1 aromatic carbocycles. The summed E-state index contributed by atoms with van der Waals surface area (Å²) in [4.78, 5) is 13.6. The third-order valence-electron chi connectivity index (χ3n) is 3.43. The number of hydrogen-bond donors (Lipinski definition) is 2. The fourth-order valence-corrected chi connectivity index (χ4v) is 2.68. The summed E-state index contributed by atoms with van der Waals surface area (Å²) in [6.45, 7) is 2.58. The Hall–Kier alpha value is -1.26. The number of hydrogen-bond acceptors (Lipinski definition) is 3. The Kier molecular flexibility index (Phi) is 4.09. The number of carbonyl (C=O) groups is 1. The molecule has 1 unspecified atom stereocenters. The summed E-state index contributed by atoms with van der Waals surface area (Å²) in [5.74, 6) is 0.168. The first kappa shape index (κ1) is 13.2. The Morgan fingerprint density at radius 2 is 2.28 bits per heavy atom. The van der Waals surface area contributed by atoms with E-state index in [4.69, 9.17) is 23.1 Å². The molecule has 5 heteroatoms. The first-order valence-electron chi connectivity index (χ1n) is 6.16. The molecule has 98 valence electrons. The monoisotopic (exact) mass is 267 g/mol. The van der Waals surface area contributed by atoms with Crippen LogP contribution in [0.25, 0.3) is 0 Å². The lowest BCUT2D eigenvalue weighted by Gasteiger charge is -2.21. The van der Waals surface area contributed by atoms with Crippen LogP contribution in [0.2, 0.25) is 5.02 Å². The highest BCUT2D eigenvalue weighted by Gasteiger charge is 2.24. The van der Waals surface area contributed by atoms with Crippen molar-refractivity contribution in [1.82, 2.24) is 0 Å². The van der Waals surface area contributed by atoms with Gasteiger partial charge in [0, 0.05) is 23.8 Å². The predicted octanol–water partition coefficient (Wildman–Crippen LogP) is 1.61. The molecule has 1 aliphatic rings. The second-order valence-electron chi connectivity index (χ2n) is 4.70. The number of amides is 1. The van der Waals surface area contributed by atoms with Gasteiger partial charge in [-0.05, 0) is 43.5 Å². The summed E-state index contributed by atoms with van der Waals surface area (Å²) >= 11 is 5.90. The van der Waals surface area contributed by atoms with E-state index >= 15 is 0 Å². The maximum atomic E-state index is 11.5. The number of rotatable bonds is 4. The normalized spacial score (nSPS) is 19.2. The van der Waals surface area contributed by atoms with Crippen molar-refractivity contribution >= 4 is 23.2 Å². The van der Waals surface area contributed by atoms with Gasteiger partial charge in [0.15, 0.2) is 0 Å². The van der Waals surface area contributed by atoms with E-state index < -0.39 is 5.91 Å². The number of benzene rings is 1. The van der Waals surface area contributed by atoms with Crippen LogP contribution in [-0.4, -0.2) is 25.5 Å². The number of halogens is 1. The van der Waals surface area contributed by atoms with Crippen molar-refractivity contribution in [1.29, 1.82) is 0 Å². The van der Waals surface area contributed by atoms with Gasteiger partial charge in [-0.25, -0.2) is 0 Å². The van der Waals surface area contributed by atoms with Crippen molar-refractivity contribution in [2.45, 2.75) is 12.8 Å². The number of nitrogens with two attached hydrogens (primary N) is 2. The molecule has 0 radical (unpaired) electrons. The minimum atomic E-state index is -0.435. The van der Waals surface area contributed by atoms with Crippen LogP contribution in [0.3, 0.4) is 0 Å². The minimum absolute atomic E-state index is 0.435. The molecule has 0 spiro atoms. The Morgan fingerprint density at radius 1 is 1.50 bits per heavy atom. The quantitative estimate of drug-likeness (QED) is 0.871. The molecule has 0 aliphatic carbocycles. The summed E-state index contributed by atoms with van der Waals surface area (Å²) in [5.41, 5.74) is 12.4. The maximum Gasteiger partial charge on any atom is 0.250 e. The smallest absolute Gasteiger partial charge is 0.250 e. The molecule has 18 heavy (non-hydrogen) atoms. The predicted molar refractivity (Wildman–Crippen MR) is 74.0 cm³/mol. The first-order valence-corrected chi connectivity index (χ1v) is 6.54. The number of primary amides is 1. The van der Waals surface area contributed by atoms with Gasteiger partial charge >= 0.3 is 0 Å². The summed E-state index contributed by atoms with van der Waals surface area (Å²) in [7, 11) is 0. The minimum Gasteiger partial charge on any atom is -0.371 e. The van der Waals surface area contributed by atoms with E-state index in [0.717, 1.165) is 31.6 Å². The highest BCUT2D eigenvalue weighted by molar-refractivity contribution is 6.31. The van der Waals surface area contributed by atoms with Gasteiger partial charge in [0.25, 0.3) is 5.91 Å². The zero-order chi connectivity index (χ0) is 13.1. The second-order valence-corrected chi connectivity index (χ2v) is 5.14. The van der Waals surface area contributed by atoms with Crippen molar-refractivity contribution in [3.63, 3.8) is 0 Å². The van der Waals surface area contributed by atoms with Crippen LogP contribution in [0.4, 0.5) is 5.69 Å². The van der Waals surface area contributed by atoms with Crippen LogP contribution in [0.1, 0.15) is 23.2 Å². The van der Waals surface area contributed by atoms with Crippen LogP contribution < -0.4 is 16.4 Å². The third kappa shape index (κ3) is 2.76. The van der Waals surface area contributed by atoms with Crippen molar-refractivity contribution < 1.29 is 4.79 Å². The third-order valence-corrected chi connectivity index (χ3v) is 3.66. The van der Waals surface area contributed by atoms with Gasteiger partial charge in [-0.15, -0.1) is 0 Å². The number of nitrogens with zero attached hydrogens (tertiary/aromatic N) is 1. The highest BCUT2D eigenvalue weighted by Crippen LogP contribution is 2.29. The van der Waals surface area contributed by atoms with E-state index in [2.05, 4.69) is 4.90 Å². The van der Waals surface area contributed by atoms with Crippen LogP contribution >= 0.6 is 11.6 Å². The average molecular weight is 268 g/mol. The lowest BCUT2D eigenvalue weighted by Crippen LogP contribution is -2.24. The fraction of sp³-hybridized carbons (Fsp3) is 0.462. The van der Waals surface area contributed by atoms with Gasteiger partial charge in [0.2, 0.25) is 0 Å². The molecule has 0 saturated carbocycles. The summed E-state index contributed by atoms with van der Waals surface area (Å²) in [6, 6.07) is 5.29. The molecular weight excluding hydrogens is 250 g/mol. The van der Waals surface area contributed by atoms with Crippen molar-refractivity contribution in [3.05, 3.63) is 28.8 Å². The largest absolute Gasteiger partial charge is 0.371 e. The van der Waals surface area contributed by atoms with E-state index in [1.165, 1.54) is 0 Å². The molecule has 1 aliphatic heterocycles. The van der Waals surface area contributed by atoms with Crippen molar-refractivity contribution in [2.24, 2.45) is 17.4 Å². The molecule has 1 atom stereocenters. The van der Waals surface area contributed by atoms with E-state index in [1.807, 2.05) is 6.07 Å². The average Bonchev–Trinajstić information content (AvgIpc) is 2.78. The summed E-state index contributed by atoms with van der Waals surface area (Å²) in [6.07, 6.45) is 2.13. The van der Waals surface area contributed by atoms with E-state index in [-0.39, 0.29) is 0 Å². The fourth-order valence-electron chi connectivity index (χ4n) is 2.50. The Morgan fingerprint density at radius 3 is 2.94 bits per heavy atom. The molecular formula is C13H18ClN3O. The van der Waals surface area contributed by atoms with Crippen molar-refractivity contribution in [2.75, 3.05) is 24.5 Å². The second kappa shape index (κ2) is 5.59. The molecule has 4 N–H and O–H groups in total. The van der Waals surface area contributed by atoms with Crippen molar-refractivity contribution in [3.8, 4) is 0 Å². The van der Waals surface area contributed by atoms with E-state index in [1.54, 1.807) is 12.1 Å². The lowest BCUT2D eigenvalue weighted by molar-refractivity contribution is 0.100. The molecule has 1 fully saturated rings. The van der Waals surface area contributed by atoms with Crippen LogP contribution in [0.5, 0.6) is 0 Å². The van der Waals surface area contributed by atoms with Gasteiger partial charge in [-0.2, -0.15) is 0 Å². The first-order chi connectivity index (χ1) is 8.61. The van der Waals surface area contributed by atoms with Crippen LogP contribution in [0.15, 0.2) is 18.2 Å². The van der Waals surface area contributed by atoms with Gasteiger partial charge in [0.05, 0.1) is 5.56 Å². The van der Waals surface area contributed by atoms with Gasteiger partial charge in [-0.3, -0.25) is 4.79 Å². The Balaban J connectivity index is 2.21. The summed E-state index contributed by atoms with van der Waals surface area (Å²) in [5, 5.41) is 0.533. The Bertz CT molecular complexity index is 450. The molecule has 1 amide bonds. The standard InChI is InChI=1S/C13H18ClN3O/c14-10-1-2-12(11(7-10)13(16)18)17-6-4-9(8-17)3-5-15/h1-2,7,9H,3-6,8,15H2,(H2,16,18). The van der Waals surface area contributed by atoms with Crippen LogP contribution in [-0.2, 0) is 0 Å². The molecule has 0 aromatic heterocycles. The SMILES string of the molecule is NCCC1CCN(c2ccc(Cl)cc2C(N)=O)C1. The highest BCUT2D eigenvalue weighted by atomic mass is 35.5. The summed E-state index contributed by atoms with van der Waals surface area (Å²) < 4.78 is 0. The lowest BCUT2D eigenvalue weighted by atomic mass is 10.1. The molecule has 1 aromatic rings. The maximum absolute atomic E-state index is 11.5. The Labute approximate surface area is 112 Å². The van der Waals surface area contributed by atoms with Gasteiger partial charge < -0.3 is 16.4 Å². The van der Waals surface area contributed by atoms with E-state index in [9.17, 15) is 4.79 Å². The molecule has 0 bridgehead atoms. The molecule has 2 rings (SSSR count). The zero-order valence-electron chi connectivity index (χ0n) is 10.2. The molecule has 1 saturated heterocycles.